The fourth-order valence-corrected chi connectivity index (χ4v) is 1.51. The zero-order valence-electron chi connectivity index (χ0n) is 10.7. The number of amides is 2. The van der Waals surface area contributed by atoms with Crippen molar-refractivity contribution in [1.82, 2.24) is 15.8 Å². The van der Waals surface area contributed by atoms with Crippen molar-refractivity contribution in [3.05, 3.63) is 0 Å². The number of hydrogen-bond donors (Lipinski definition) is 2. The van der Waals surface area contributed by atoms with Crippen LogP contribution in [0.2, 0.25) is 0 Å². The van der Waals surface area contributed by atoms with Crippen LogP contribution in [0.3, 0.4) is 0 Å². The number of nitrogens with one attached hydrogen (secondary N) is 2. The van der Waals surface area contributed by atoms with Crippen LogP contribution < -0.4 is 10.9 Å². The first-order valence-electron chi connectivity index (χ1n) is 5.98. The van der Waals surface area contributed by atoms with E-state index in [9.17, 15) is 14.4 Å². The molecule has 0 aliphatic heterocycles. The summed E-state index contributed by atoms with van der Waals surface area (Å²) in [5.74, 6) is -1.02. The maximum absolute atomic E-state index is 11.5. The third-order valence-electron chi connectivity index (χ3n) is 2.43. The number of nitrogens with zero attached hydrogens (tertiary/aromatic N) is 1. The molecule has 0 unspecified atom stereocenters. The summed E-state index contributed by atoms with van der Waals surface area (Å²) in [6, 6.07) is 0.262. The van der Waals surface area contributed by atoms with E-state index in [0.717, 1.165) is 12.8 Å². The first kappa shape index (κ1) is 14.4. The van der Waals surface area contributed by atoms with Gasteiger partial charge in [0.05, 0.1) is 19.7 Å². The highest BCUT2D eigenvalue weighted by atomic mass is 16.5. The van der Waals surface area contributed by atoms with Gasteiger partial charge >= 0.3 is 5.97 Å². The normalized spacial score (nSPS) is 14.2. The molecule has 7 heteroatoms. The Bertz CT molecular complexity index is 328. The van der Waals surface area contributed by atoms with Crippen LogP contribution in [-0.4, -0.2) is 48.4 Å². The summed E-state index contributed by atoms with van der Waals surface area (Å²) in [5.41, 5.74) is 4.48. The predicted molar refractivity (Wildman–Crippen MR) is 63.2 cm³/mol. The lowest BCUT2D eigenvalue weighted by molar-refractivity contribution is -0.145. The molecule has 0 aromatic rings. The zero-order valence-corrected chi connectivity index (χ0v) is 10.7. The fraction of sp³-hybridized carbons (Fsp3) is 0.727. The van der Waals surface area contributed by atoms with Crippen LogP contribution in [0, 0.1) is 0 Å². The molecular formula is C11H19N3O4. The summed E-state index contributed by atoms with van der Waals surface area (Å²) in [6.45, 7) is 3.55. The molecule has 1 saturated carbocycles. The average Bonchev–Trinajstić information content (AvgIpc) is 3.09. The van der Waals surface area contributed by atoms with Gasteiger partial charge in [-0.3, -0.25) is 30.1 Å². The van der Waals surface area contributed by atoms with E-state index in [2.05, 4.69) is 10.9 Å². The summed E-state index contributed by atoms with van der Waals surface area (Å²) in [5, 5.41) is 0. The Labute approximate surface area is 106 Å². The van der Waals surface area contributed by atoms with E-state index < -0.39 is 0 Å². The molecule has 0 aromatic heterocycles. The van der Waals surface area contributed by atoms with Crippen molar-refractivity contribution in [1.29, 1.82) is 0 Å². The first-order chi connectivity index (χ1) is 8.52. The molecule has 2 amide bonds. The molecule has 18 heavy (non-hydrogen) atoms. The molecule has 0 aromatic carbocycles. The summed E-state index contributed by atoms with van der Waals surface area (Å²) >= 11 is 0. The van der Waals surface area contributed by atoms with Crippen LogP contribution in [0.5, 0.6) is 0 Å². The number of hydrogen-bond acceptors (Lipinski definition) is 5. The van der Waals surface area contributed by atoms with E-state index in [0.29, 0.717) is 6.61 Å². The Kier molecular flexibility index (Phi) is 5.57. The minimum Gasteiger partial charge on any atom is -0.465 e. The largest absolute Gasteiger partial charge is 0.465 e. The van der Waals surface area contributed by atoms with Gasteiger partial charge in [0.25, 0.3) is 5.91 Å². The van der Waals surface area contributed by atoms with Gasteiger partial charge in [0, 0.05) is 13.0 Å². The van der Waals surface area contributed by atoms with Gasteiger partial charge in [-0.15, -0.1) is 0 Å². The van der Waals surface area contributed by atoms with Gasteiger partial charge in [-0.05, 0) is 19.8 Å². The average molecular weight is 257 g/mol. The Morgan fingerprint density at radius 1 is 1.22 bits per heavy atom. The van der Waals surface area contributed by atoms with Crippen molar-refractivity contribution < 1.29 is 19.1 Å². The summed E-state index contributed by atoms with van der Waals surface area (Å²) in [7, 11) is 0. The molecule has 1 fully saturated rings. The van der Waals surface area contributed by atoms with Crippen LogP contribution in [0.25, 0.3) is 0 Å². The smallest absolute Gasteiger partial charge is 0.320 e. The Morgan fingerprint density at radius 2 is 1.89 bits per heavy atom. The van der Waals surface area contributed by atoms with Gasteiger partial charge in [-0.2, -0.15) is 0 Å². The number of carbonyl (C=O) groups excluding carboxylic acids is 3. The van der Waals surface area contributed by atoms with E-state index in [1.165, 1.54) is 6.92 Å². The van der Waals surface area contributed by atoms with E-state index in [4.69, 9.17) is 4.74 Å². The Balaban J connectivity index is 2.35. The van der Waals surface area contributed by atoms with Crippen LogP contribution >= 0.6 is 0 Å². The van der Waals surface area contributed by atoms with Crippen molar-refractivity contribution >= 4 is 17.8 Å². The molecule has 1 aliphatic carbocycles. The molecule has 0 spiro atoms. The molecule has 0 bridgehead atoms. The fourth-order valence-electron chi connectivity index (χ4n) is 1.51. The molecular weight excluding hydrogens is 238 g/mol. The van der Waals surface area contributed by atoms with Crippen LogP contribution in [0.15, 0.2) is 0 Å². The summed E-state index contributed by atoms with van der Waals surface area (Å²) < 4.78 is 4.85. The second-order valence-electron chi connectivity index (χ2n) is 4.17. The number of rotatable bonds is 6. The maximum atomic E-state index is 11.5. The molecule has 102 valence electrons. The van der Waals surface area contributed by atoms with Gasteiger partial charge < -0.3 is 4.74 Å². The van der Waals surface area contributed by atoms with E-state index in [-0.39, 0.29) is 36.9 Å². The van der Waals surface area contributed by atoms with Crippen LogP contribution in [0.4, 0.5) is 0 Å². The second-order valence-corrected chi connectivity index (χ2v) is 4.17. The van der Waals surface area contributed by atoms with Crippen molar-refractivity contribution in [3.8, 4) is 0 Å². The number of esters is 1. The molecule has 7 nitrogen and oxygen atoms in total. The standard InChI is InChI=1S/C11H19N3O4/c1-3-18-11(17)7-14(9-4-5-9)6-10(16)13-12-8(2)15/h9H,3-7H2,1-2H3,(H,12,15)(H,13,16). The lowest BCUT2D eigenvalue weighted by Gasteiger charge is -2.20. The van der Waals surface area contributed by atoms with Gasteiger partial charge in [-0.1, -0.05) is 0 Å². The molecule has 0 saturated heterocycles. The van der Waals surface area contributed by atoms with E-state index in [1.807, 2.05) is 0 Å². The Hall–Kier alpha value is -1.63. The third-order valence-corrected chi connectivity index (χ3v) is 2.43. The Morgan fingerprint density at radius 3 is 2.39 bits per heavy atom. The molecule has 0 atom stereocenters. The topological polar surface area (TPSA) is 87.7 Å². The zero-order chi connectivity index (χ0) is 13.5. The minimum absolute atomic E-state index is 0.0732. The monoisotopic (exact) mass is 257 g/mol. The van der Waals surface area contributed by atoms with Crippen LogP contribution in [-0.2, 0) is 19.1 Å². The van der Waals surface area contributed by atoms with E-state index >= 15 is 0 Å². The third kappa shape index (κ3) is 5.62. The van der Waals surface area contributed by atoms with Gasteiger partial charge in [0.2, 0.25) is 5.91 Å². The van der Waals surface area contributed by atoms with Crippen molar-refractivity contribution in [2.45, 2.75) is 32.7 Å². The van der Waals surface area contributed by atoms with Crippen molar-refractivity contribution in [3.63, 3.8) is 0 Å². The first-order valence-corrected chi connectivity index (χ1v) is 5.98. The van der Waals surface area contributed by atoms with E-state index in [1.54, 1.807) is 11.8 Å². The van der Waals surface area contributed by atoms with Crippen molar-refractivity contribution in [2.24, 2.45) is 0 Å². The number of carbonyl (C=O) groups is 3. The highest BCUT2D eigenvalue weighted by Gasteiger charge is 2.31. The minimum atomic E-state index is -0.346. The molecule has 1 aliphatic rings. The van der Waals surface area contributed by atoms with Crippen LogP contribution in [0.1, 0.15) is 26.7 Å². The second kappa shape index (κ2) is 6.95. The number of ether oxygens (including phenoxy) is 1. The summed E-state index contributed by atoms with van der Waals surface area (Å²) in [4.78, 5) is 35.3. The van der Waals surface area contributed by atoms with Gasteiger partial charge in [-0.25, -0.2) is 0 Å². The lowest BCUT2D eigenvalue weighted by Crippen LogP contribution is -2.47. The van der Waals surface area contributed by atoms with Crippen molar-refractivity contribution in [2.75, 3.05) is 19.7 Å². The van der Waals surface area contributed by atoms with Gasteiger partial charge in [0.1, 0.15) is 0 Å². The predicted octanol–water partition coefficient (Wildman–Crippen LogP) is -0.819. The number of hydrazine groups is 1. The summed E-state index contributed by atoms with van der Waals surface area (Å²) in [6.07, 6.45) is 1.96. The SMILES string of the molecule is CCOC(=O)CN(CC(=O)NNC(C)=O)C1CC1. The maximum Gasteiger partial charge on any atom is 0.320 e. The molecule has 0 heterocycles. The molecule has 1 rings (SSSR count). The quantitative estimate of drug-likeness (QED) is 0.479. The molecule has 0 radical (unpaired) electrons. The molecule has 2 N–H and O–H groups in total. The lowest BCUT2D eigenvalue weighted by atomic mass is 10.4. The highest BCUT2D eigenvalue weighted by molar-refractivity contribution is 5.82. The highest BCUT2D eigenvalue weighted by Crippen LogP contribution is 2.26. The van der Waals surface area contributed by atoms with Gasteiger partial charge in [0.15, 0.2) is 0 Å².